The topological polar surface area (TPSA) is 35.2 Å². The lowest BCUT2D eigenvalue weighted by Crippen LogP contribution is -2.24. The molecular weight excluding hydrogens is 234 g/mol. The van der Waals surface area contributed by atoms with E-state index in [0.29, 0.717) is 6.10 Å². The maximum absolute atomic E-state index is 6.24. The third kappa shape index (κ3) is 3.73. The summed E-state index contributed by atoms with van der Waals surface area (Å²) in [5, 5.41) is 0. The van der Waals surface area contributed by atoms with Crippen molar-refractivity contribution < 1.29 is 4.74 Å². The van der Waals surface area contributed by atoms with Crippen LogP contribution in [0.2, 0.25) is 0 Å². The molecule has 0 unspecified atom stereocenters. The first-order chi connectivity index (χ1) is 9.10. The van der Waals surface area contributed by atoms with Crippen LogP contribution in [0.15, 0.2) is 18.2 Å². The van der Waals surface area contributed by atoms with E-state index in [9.17, 15) is 0 Å². The summed E-state index contributed by atoms with van der Waals surface area (Å²) in [4.78, 5) is 0. The molecular formula is C17H27NO. The van der Waals surface area contributed by atoms with Crippen LogP contribution in [0.1, 0.15) is 63.1 Å². The highest BCUT2D eigenvalue weighted by atomic mass is 16.5. The summed E-state index contributed by atoms with van der Waals surface area (Å²) in [6.45, 7) is 6.41. The van der Waals surface area contributed by atoms with Gasteiger partial charge in [0, 0.05) is 11.6 Å². The van der Waals surface area contributed by atoms with Crippen LogP contribution in [-0.4, -0.2) is 6.10 Å². The van der Waals surface area contributed by atoms with Gasteiger partial charge in [-0.3, -0.25) is 0 Å². The lowest BCUT2D eigenvalue weighted by molar-refractivity contribution is 0.128. The van der Waals surface area contributed by atoms with E-state index in [2.05, 4.69) is 32.0 Å². The van der Waals surface area contributed by atoms with Crippen molar-refractivity contribution in [2.75, 3.05) is 0 Å². The van der Waals surface area contributed by atoms with Gasteiger partial charge in [-0.2, -0.15) is 0 Å². The van der Waals surface area contributed by atoms with Gasteiger partial charge < -0.3 is 10.5 Å². The van der Waals surface area contributed by atoms with Crippen molar-refractivity contribution >= 4 is 0 Å². The SMILES string of the molecule is CCC1CCC(Oc2cc(C)ccc2[C@@H](C)N)CC1. The van der Waals surface area contributed by atoms with Gasteiger partial charge >= 0.3 is 0 Å². The third-order valence-corrected chi connectivity index (χ3v) is 4.32. The largest absolute Gasteiger partial charge is 0.490 e. The van der Waals surface area contributed by atoms with Crippen molar-refractivity contribution in [3.8, 4) is 5.75 Å². The molecule has 1 aromatic carbocycles. The van der Waals surface area contributed by atoms with E-state index in [1.807, 2.05) is 6.92 Å². The van der Waals surface area contributed by atoms with Crippen molar-refractivity contribution in [2.45, 2.75) is 65.0 Å². The van der Waals surface area contributed by atoms with Crippen molar-refractivity contribution in [1.82, 2.24) is 0 Å². The second kappa shape index (κ2) is 6.42. The Balaban J connectivity index is 2.04. The quantitative estimate of drug-likeness (QED) is 0.874. The Morgan fingerprint density at radius 1 is 1.26 bits per heavy atom. The van der Waals surface area contributed by atoms with Gasteiger partial charge in [0.05, 0.1) is 6.10 Å². The van der Waals surface area contributed by atoms with E-state index in [1.54, 1.807) is 0 Å². The van der Waals surface area contributed by atoms with Gasteiger partial charge in [-0.05, 0) is 57.1 Å². The van der Waals surface area contributed by atoms with Crippen LogP contribution in [-0.2, 0) is 0 Å². The average molecular weight is 261 g/mol. The molecule has 0 bridgehead atoms. The summed E-state index contributed by atoms with van der Waals surface area (Å²) in [7, 11) is 0. The number of aryl methyl sites for hydroxylation is 1. The Morgan fingerprint density at radius 2 is 1.95 bits per heavy atom. The molecule has 1 saturated carbocycles. The minimum atomic E-state index is 0.0302. The number of benzene rings is 1. The maximum Gasteiger partial charge on any atom is 0.124 e. The van der Waals surface area contributed by atoms with Crippen LogP contribution >= 0.6 is 0 Å². The summed E-state index contributed by atoms with van der Waals surface area (Å²) < 4.78 is 6.24. The molecule has 0 aliphatic heterocycles. The molecule has 2 nitrogen and oxygen atoms in total. The van der Waals surface area contributed by atoms with Crippen LogP contribution in [0, 0.1) is 12.8 Å². The van der Waals surface area contributed by atoms with E-state index in [-0.39, 0.29) is 6.04 Å². The molecule has 1 fully saturated rings. The zero-order chi connectivity index (χ0) is 13.8. The summed E-state index contributed by atoms with van der Waals surface area (Å²) in [5.74, 6) is 1.90. The molecule has 0 spiro atoms. The number of hydrogen-bond donors (Lipinski definition) is 1. The predicted molar refractivity (Wildman–Crippen MR) is 80.4 cm³/mol. The standard InChI is InChI=1S/C17H27NO/c1-4-14-6-8-15(9-7-14)19-17-11-12(2)5-10-16(17)13(3)18/h5,10-11,13-15H,4,6-9,18H2,1-3H3/t13-,14?,15?/m1/s1. The first-order valence-electron chi connectivity index (χ1n) is 7.63. The third-order valence-electron chi connectivity index (χ3n) is 4.32. The summed E-state index contributed by atoms with van der Waals surface area (Å²) in [6, 6.07) is 6.37. The molecule has 0 amide bonds. The minimum Gasteiger partial charge on any atom is -0.490 e. The van der Waals surface area contributed by atoms with Gasteiger partial charge in [0.15, 0.2) is 0 Å². The van der Waals surface area contributed by atoms with Gasteiger partial charge in [0.2, 0.25) is 0 Å². The maximum atomic E-state index is 6.24. The van der Waals surface area contributed by atoms with Crippen molar-refractivity contribution in [3.05, 3.63) is 29.3 Å². The van der Waals surface area contributed by atoms with Crippen LogP contribution in [0.4, 0.5) is 0 Å². The predicted octanol–water partition coefficient (Wildman–Crippen LogP) is 4.36. The van der Waals surface area contributed by atoms with E-state index >= 15 is 0 Å². The number of hydrogen-bond acceptors (Lipinski definition) is 2. The molecule has 106 valence electrons. The fourth-order valence-electron chi connectivity index (χ4n) is 2.96. The first-order valence-corrected chi connectivity index (χ1v) is 7.63. The van der Waals surface area contributed by atoms with E-state index in [4.69, 9.17) is 10.5 Å². The fraction of sp³-hybridized carbons (Fsp3) is 0.647. The van der Waals surface area contributed by atoms with E-state index < -0.39 is 0 Å². The van der Waals surface area contributed by atoms with E-state index in [1.165, 1.54) is 37.7 Å². The molecule has 2 N–H and O–H groups in total. The monoisotopic (exact) mass is 261 g/mol. The molecule has 19 heavy (non-hydrogen) atoms. The van der Waals surface area contributed by atoms with Crippen LogP contribution in [0.25, 0.3) is 0 Å². The number of nitrogens with two attached hydrogens (primary N) is 1. The Bertz CT molecular complexity index is 406. The Hall–Kier alpha value is -1.02. The minimum absolute atomic E-state index is 0.0302. The van der Waals surface area contributed by atoms with Gasteiger partial charge in [-0.1, -0.05) is 25.5 Å². The molecule has 0 saturated heterocycles. The zero-order valence-electron chi connectivity index (χ0n) is 12.5. The molecule has 1 atom stereocenters. The Kier molecular flexibility index (Phi) is 4.87. The van der Waals surface area contributed by atoms with Gasteiger partial charge in [0.1, 0.15) is 5.75 Å². The second-order valence-corrected chi connectivity index (χ2v) is 6.00. The lowest BCUT2D eigenvalue weighted by atomic mass is 9.86. The highest BCUT2D eigenvalue weighted by Crippen LogP contribution is 2.32. The summed E-state index contributed by atoms with van der Waals surface area (Å²) >= 11 is 0. The highest BCUT2D eigenvalue weighted by Gasteiger charge is 2.22. The fourth-order valence-corrected chi connectivity index (χ4v) is 2.96. The summed E-state index contributed by atoms with van der Waals surface area (Å²) in [5.41, 5.74) is 8.40. The lowest BCUT2D eigenvalue weighted by Gasteiger charge is -2.29. The molecule has 0 radical (unpaired) electrons. The van der Waals surface area contributed by atoms with Gasteiger partial charge in [-0.25, -0.2) is 0 Å². The highest BCUT2D eigenvalue weighted by molar-refractivity contribution is 5.39. The Morgan fingerprint density at radius 3 is 2.53 bits per heavy atom. The molecule has 1 aliphatic rings. The first kappa shape index (κ1) is 14.4. The van der Waals surface area contributed by atoms with Crippen LogP contribution < -0.4 is 10.5 Å². The van der Waals surface area contributed by atoms with Crippen molar-refractivity contribution in [2.24, 2.45) is 11.7 Å². The van der Waals surface area contributed by atoms with Gasteiger partial charge in [0.25, 0.3) is 0 Å². The second-order valence-electron chi connectivity index (χ2n) is 6.00. The average Bonchev–Trinajstić information content (AvgIpc) is 2.39. The summed E-state index contributed by atoms with van der Waals surface area (Å²) in [6.07, 6.45) is 6.67. The van der Waals surface area contributed by atoms with E-state index in [0.717, 1.165) is 17.2 Å². The molecule has 0 heterocycles. The molecule has 1 aromatic rings. The van der Waals surface area contributed by atoms with Crippen LogP contribution in [0.3, 0.4) is 0 Å². The molecule has 0 aromatic heterocycles. The Labute approximate surface area is 117 Å². The molecule has 1 aliphatic carbocycles. The van der Waals surface area contributed by atoms with Crippen molar-refractivity contribution in [1.29, 1.82) is 0 Å². The normalized spacial score (nSPS) is 25.1. The van der Waals surface area contributed by atoms with Crippen molar-refractivity contribution in [3.63, 3.8) is 0 Å². The smallest absolute Gasteiger partial charge is 0.124 e. The van der Waals surface area contributed by atoms with Gasteiger partial charge in [-0.15, -0.1) is 0 Å². The number of ether oxygens (including phenoxy) is 1. The van der Waals surface area contributed by atoms with Crippen LogP contribution in [0.5, 0.6) is 5.75 Å². The molecule has 2 heteroatoms. The number of rotatable bonds is 4. The molecule has 2 rings (SSSR count). The zero-order valence-corrected chi connectivity index (χ0v) is 12.5.